The highest BCUT2D eigenvalue weighted by atomic mass is 16.4. The van der Waals surface area contributed by atoms with Crippen molar-refractivity contribution < 1.29 is 9.21 Å². The molecule has 0 aliphatic carbocycles. The smallest absolute Gasteiger partial charge is 0.408 e. The van der Waals surface area contributed by atoms with Gasteiger partial charge in [-0.25, -0.2) is 4.79 Å². The van der Waals surface area contributed by atoms with Gasteiger partial charge in [0.15, 0.2) is 5.58 Å². The number of hydrogen-bond acceptors (Lipinski definition) is 3. The van der Waals surface area contributed by atoms with Crippen LogP contribution in [0.1, 0.15) is 10.4 Å². The lowest BCUT2D eigenvalue weighted by atomic mass is 10.2. The molecular formula is C8H5N2O3. The van der Waals surface area contributed by atoms with E-state index in [0.717, 1.165) is 0 Å². The Morgan fingerprint density at radius 2 is 2.38 bits per heavy atom. The summed E-state index contributed by atoms with van der Waals surface area (Å²) in [4.78, 5) is 24.0. The first-order valence-electron chi connectivity index (χ1n) is 3.52. The maximum Gasteiger partial charge on any atom is 0.417 e. The number of fused-ring (bicyclic) bond motifs is 1. The van der Waals surface area contributed by atoms with Gasteiger partial charge >= 0.3 is 5.76 Å². The highest BCUT2D eigenvalue weighted by Crippen LogP contribution is 2.13. The second-order valence-electron chi connectivity index (χ2n) is 2.47. The van der Waals surface area contributed by atoms with Crippen molar-refractivity contribution >= 4 is 17.0 Å². The Balaban J connectivity index is 2.90. The molecule has 0 saturated carbocycles. The molecule has 0 atom stereocenters. The van der Waals surface area contributed by atoms with Gasteiger partial charge in [0.25, 0.3) is 5.91 Å². The number of hydrogen-bond donors (Lipinski definition) is 2. The third-order valence-corrected chi connectivity index (χ3v) is 1.63. The fraction of sp³-hybridized carbons (Fsp3) is 0. The van der Waals surface area contributed by atoms with E-state index in [9.17, 15) is 9.59 Å². The Morgan fingerprint density at radius 1 is 1.62 bits per heavy atom. The van der Waals surface area contributed by atoms with Gasteiger partial charge in [-0.3, -0.25) is 9.78 Å². The molecule has 13 heavy (non-hydrogen) atoms. The van der Waals surface area contributed by atoms with E-state index in [0.29, 0.717) is 11.1 Å². The molecule has 0 aliphatic heterocycles. The fourth-order valence-corrected chi connectivity index (χ4v) is 1.11. The second kappa shape index (κ2) is 2.48. The third-order valence-electron chi connectivity index (χ3n) is 1.63. The van der Waals surface area contributed by atoms with Crippen LogP contribution in [0.3, 0.4) is 0 Å². The standard InChI is InChI=1S/C8H5N2O3/c9-7(11)4-2-1-3-5-6(4)10-8(12)13-5/h1,3H,(H2,9,11)(H,10,12). The summed E-state index contributed by atoms with van der Waals surface area (Å²) in [6, 6.07) is 5.62. The molecule has 1 aromatic carbocycles. The minimum atomic E-state index is -0.650. The lowest BCUT2D eigenvalue weighted by molar-refractivity contribution is 0.100. The Kier molecular flexibility index (Phi) is 1.45. The molecule has 1 aromatic heterocycles. The highest BCUT2D eigenvalue weighted by Gasteiger charge is 2.09. The quantitative estimate of drug-likeness (QED) is 0.643. The summed E-state index contributed by atoms with van der Waals surface area (Å²) in [5, 5.41) is 0. The number of primary amides is 1. The number of benzene rings is 1. The number of amides is 1. The van der Waals surface area contributed by atoms with Crippen LogP contribution in [0.15, 0.2) is 21.3 Å². The highest BCUT2D eigenvalue weighted by molar-refractivity contribution is 6.03. The maximum absolute atomic E-state index is 10.9. The molecule has 2 aromatic rings. The molecule has 0 spiro atoms. The van der Waals surface area contributed by atoms with Crippen LogP contribution in [0.25, 0.3) is 11.1 Å². The minimum absolute atomic E-state index is 0.128. The van der Waals surface area contributed by atoms with Gasteiger partial charge < -0.3 is 10.2 Å². The molecule has 1 radical (unpaired) electrons. The molecule has 0 saturated heterocycles. The molecule has 0 aliphatic rings. The predicted octanol–water partition coefficient (Wildman–Crippen LogP) is 0.0202. The van der Waals surface area contributed by atoms with E-state index in [1.165, 1.54) is 12.1 Å². The SMILES string of the molecule is NC(=O)c1[c]ccc2oc(=O)[nH]c12. The number of nitrogens with one attached hydrogen (secondary N) is 1. The Morgan fingerprint density at radius 3 is 3.08 bits per heavy atom. The fourth-order valence-electron chi connectivity index (χ4n) is 1.11. The number of nitrogens with two attached hydrogens (primary N) is 1. The number of aromatic nitrogens is 1. The average molecular weight is 177 g/mol. The van der Waals surface area contributed by atoms with Crippen LogP contribution >= 0.6 is 0 Å². The van der Waals surface area contributed by atoms with Crippen molar-refractivity contribution in [1.82, 2.24) is 4.98 Å². The van der Waals surface area contributed by atoms with E-state index >= 15 is 0 Å². The molecule has 0 bridgehead atoms. The van der Waals surface area contributed by atoms with Crippen LogP contribution in [-0.4, -0.2) is 10.9 Å². The first kappa shape index (κ1) is 7.60. The van der Waals surface area contributed by atoms with Gasteiger partial charge in [0.2, 0.25) is 0 Å². The second-order valence-corrected chi connectivity index (χ2v) is 2.47. The van der Waals surface area contributed by atoms with Crippen molar-refractivity contribution in [2.75, 3.05) is 0 Å². The van der Waals surface area contributed by atoms with Gasteiger partial charge in [-0.05, 0) is 18.2 Å². The first-order chi connectivity index (χ1) is 6.18. The molecular weight excluding hydrogens is 172 g/mol. The number of aromatic amines is 1. The first-order valence-corrected chi connectivity index (χ1v) is 3.52. The van der Waals surface area contributed by atoms with Crippen LogP contribution in [0.4, 0.5) is 0 Å². The Bertz CT molecular complexity index is 523. The van der Waals surface area contributed by atoms with Crippen LogP contribution in [0.2, 0.25) is 0 Å². The number of H-pyrrole nitrogens is 1. The van der Waals surface area contributed by atoms with Crippen molar-refractivity contribution in [3.63, 3.8) is 0 Å². The molecule has 5 heteroatoms. The number of carbonyl (C=O) groups is 1. The van der Waals surface area contributed by atoms with Gasteiger partial charge in [-0.15, -0.1) is 0 Å². The van der Waals surface area contributed by atoms with Crippen LogP contribution in [0.5, 0.6) is 0 Å². The van der Waals surface area contributed by atoms with Crippen LogP contribution < -0.4 is 11.5 Å². The number of carbonyl (C=O) groups excluding carboxylic acids is 1. The van der Waals surface area contributed by atoms with Gasteiger partial charge in [-0.1, -0.05) is 0 Å². The summed E-state index contributed by atoms with van der Waals surface area (Å²) in [5.41, 5.74) is 5.78. The van der Waals surface area contributed by atoms with E-state index in [1.54, 1.807) is 0 Å². The zero-order valence-electron chi connectivity index (χ0n) is 6.46. The van der Waals surface area contributed by atoms with Crippen molar-refractivity contribution in [3.05, 3.63) is 34.3 Å². The Hall–Kier alpha value is -2.04. The topological polar surface area (TPSA) is 89.1 Å². The maximum atomic E-state index is 10.9. The Labute approximate surface area is 72.2 Å². The zero-order valence-corrected chi connectivity index (χ0v) is 6.46. The van der Waals surface area contributed by atoms with Crippen molar-refractivity contribution in [2.24, 2.45) is 5.73 Å². The summed E-state index contributed by atoms with van der Waals surface area (Å²) in [5.74, 6) is -1.26. The van der Waals surface area contributed by atoms with Crippen LogP contribution in [-0.2, 0) is 0 Å². The molecule has 1 heterocycles. The number of rotatable bonds is 1. The molecule has 5 nitrogen and oxygen atoms in total. The summed E-state index contributed by atoms with van der Waals surface area (Å²) in [7, 11) is 0. The lowest BCUT2D eigenvalue weighted by Crippen LogP contribution is -2.11. The van der Waals surface area contributed by atoms with Crippen molar-refractivity contribution in [2.45, 2.75) is 0 Å². The van der Waals surface area contributed by atoms with Gasteiger partial charge in [-0.2, -0.15) is 0 Å². The van der Waals surface area contributed by atoms with E-state index < -0.39 is 11.7 Å². The van der Waals surface area contributed by atoms with Gasteiger partial charge in [0.1, 0.15) is 5.52 Å². The molecule has 2 rings (SSSR count). The number of oxazole rings is 1. The lowest BCUT2D eigenvalue weighted by Gasteiger charge is -1.93. The average Bonchev–Trinajstić information content (AvgIpc) is 2.43. The summed E-state index contributed by atoms with van der Waals surface area (Å²) in [6.45, 7) is 0. The normalized spacial score (nSPS) is 10.5. The summed E-state index contributed by atoms with van der Waals surface area (Å²) < 4.78 is 4.72. The van der Waals surface area contributed by atoms with E-state index in [-0.39, 0.29) is 5.56 Å². The van der Waals surface area contributed by atoms with Crippen molar-refractivity contribution in [1.29, 1.82) is 0 Å². The monoisotopic (exact) mass is 177 g/mol. The molecule has 0 fully saturated rings. The minimum Gasteiger partial charge on any atom is -0.408 e. The molecule has 3 N–H and O–H groups in total. The zero-order chi connectivity index (χ0) is 9.42. The largest absolute Gasteiger partial charge is 0.417 e. The predicted molar refractivity (Wildman–Crippen MR) is 44.2 cm³/mol. The molecule has 1 amide bonds. The van der Waals surface area contributed by atoms with Crippen molar-refractivity contribution in [3.8, 4) is 0 Å². The van der Waals surface area contributed by atoms with E-state index in [1.807, 2.05) is 0 Å². The van der Waals surface area contributed by atoms with Crippen LogP contribution in [0, 0.1) is 6.07 Å². The van der Waals surface area contributed by atoms with Gasteiger partial charge in [0, 0.05) is 0 Å². The third kappa shape index (κ3) is 1.10. The van der Waals surface area contributed by atoms with E-state index in [2.05, 4.69) is 11.1 Å². The molecule has 0 unspecified atom stereocenters. The van der Waals surface area contributed by atoms with Gasteiger partial charge in [0.05, 0.1) is 5.56 Å². The summed E-state index contributed by atoms with van der Waals surface area (Å²) >= 11 is 0. The summed E-state index contributed by atoms with van der Waals surface area (Å²) in [6.07, 6.45) is 0. The van der Waals surface area contributed by atoms with E-state index in [4.69, 9.17) is 10.2 Å². The molecule has 65 valence electrons.